The number of hydrogen-bond acceptors (Lipinski definition) is 6. The van der Waals surface area contributed by atoms with Crippen LogP contribution in [0.3, 0.4) is 0 Å². The van der Waals surface area contributed by atoms with Crippen LogP contribution in [0.25, 0.3) is 10.2 Å². The second-order valence-corrected chi connectivity index (χ2v) is 10.1. The summed E-state index contributed by atoms with van der Waals surface area (Å²) in [4.78, 5) is 23.5. The molecule has 0 bridgehead atoms. The molecule has 1 aliphatic rings. The van der Waals surface area contributed by atoms with Gasteiger partial charge in [-0.25, -0.2) is 13.4 Å². The first-order chi connectivity index (χ1) is 14.5. The Morgan fingerprint density at radius 1 is 1.10 bits per heavy atom. The van der Waals surface area contributed by atoms with Crippen molar-refractivity contribution in [3.05, 3.63) is 87.5 Å². The Morgan fingerprint density at radius 2 is 1.93 bits per heavy atom. The Morgan fingerprint density at radius 3 is 2.70 bits per heavy atom. The van der Waals surface area contributed by atoms with Crippen LogP contribution in [-0.2, 0) is 29.5 Å². The lowest BCUT2D eigenvalue weighted by Crippen LogP contribution is -2.35. The molecule has 30 heavy (non-hydrogen) atoms. The number of pyridine rings is 1. The summed E-state index contributed by atoms with van der Waals surface area (Å²) in [7, 11) is -3.57. The van der Waals surface area contributed by atoms with Gasteiger partial charge in [0.25, 0.3) is 5.56 Å². The van der Waals surface area contributed by atoms with E-state index in [1.54, 1.807) is 53.6 Å². The zero-order valence-electron chi connectivity index (χ0n) is 15.9. The monoisotopic (exact) mass is 438 g/mol. The van der Waals surface area contributed by atoms with Crippen LogP contribution in [0.1, 0.15) is 16.0 Å². The molecule has 3 aromatic heterocycles. The summed E-state index contributed by atoms with van der Waals surface area (Å²) in [5.74, 6) is 0. The molecule has 0 spiro atoms. The SMILES string of the molecule is O=c1c2c3c(sc2ncn1Cc1cccnc1)CN(S(=O)(=O)c1ccccc1)CC3. The number of hydrogen-bond donors (Lipinski definition) is 0. The molecule has 7 nitrogen and oxygen atoms in total. The summed E-state index contributed by atoms with van der Waals surface area (Å²) in [6.45, 7) is 0.997. The van der Waals surface area contributed by atoms with Crippen molar-refractivity contribution in [2.45, 2.75) is 24.4 Å². The van der Waals surface area contributed by atoms with E-state index < -0.39 is 10.0 Å². The predicted molar refractivity (Wildman–Crippen MR) is 115 cm³/mol. The summed E-state index contributed by atoms with van der Waals surface area (Å²) in [5.41, 5.74) is 1.75. The van der Waals surface area contributed by atoms with Gasteiger partial charge in [-0.05, 0) is 35.7 Å². The molecule has 9 heteroatoms. The highest BCUT2D eigenvalue weighted by molar-refractivity contribution is 7.89. The Labute approximate surface area is 177 Å². The van der Waals surface area contributed by atoms with E-state index in [2.05, 4.69) is 9.97 Å². The van der Waals surface area contributed by atoms with Crippen LogP contribution in [0.5, 0.6) is 0 Å². The van der Waals surface area contributed by atoms with Crippen LogP contribution >= 0.6 is 11.3 Å². The highest BCUT2D eigenvalue weighted by atomic mass is 32.2. The van der Waals surface area contributed by atoms with Crippen molar-refractivity contribution >= 4 is 31.6 Å². The van der Waals surface area contributed by atoms with Crippen molar-refractivity contribution in [1.82, 2.24) is 18.8 Å². The summed E-state index contributed by atoms with van der Waals surface area (Å²) >= 11 is 1.40. The van der Waals surface area contributed by atoms with Crippen LogP contribution in [-0.4, -0.2) is 33.8 Å². The molecule has 0 atom stereocenters. The molecule has 5 rings (SSSR count). The fraction of sp³-hybridized carbons (Fsp3) is 0.190. The van der Waals surface area contributed by atoms with Crippen LogP contribution < -0.4 is 5.56 Å². The number of sulfonamides is 1. The van der Waals surface area contributed by atoms with Crippen LogP contribution in [0.4, 0.5) is 0 Å². The number of fused-ring (bicyclic) bond motifs is 3. The normalized spacial score (nSPS) is 14.7. The van der Waals surface area contributed by atoms with Crippen molar-refractivity contribution in [1.29, 1.82) is 0 Å². The first-order valence-electron chi connectivity index (χ1n) is 9.48. The number of nitrogens with zero attached hydrogens (tertiary/aromatic N) is 4. The molecule has 0 unspecified atom stereocenters. The molecule has 0 saturated heterocycles. The second-order valence-electron chi connectivity index (χ2n) is 7.12. The molecular weight excluding hydrogens is 420 g/mol. The highest BCUT2D eigenvalue weighted by Gasteiger charge is 2.31. The predicted octanol–water partition coefficient (Wildman–Crippen LogP) is 2.65. The minimum Gasteiger partial charge on any atom is -0.294 e. The van der Waals surface area contributed by atoms with Gasteiger partial charge in [0, 0.05) is 30.4 Å². The molecule has 4 heterocycles. The van der Waals surface area contributed by atoms with Crippen LogP contribution in [0.2, 0.25) is 0 Å². The lowest BCUT2D eigenvalue weighted by Gasteiger charge is -2.26. The largest absolute Gasteiger partial charge is 0.294 e. The highest BCUT2D eigenvalue weighted by Crippen LogP contribution is 2.34. The first kappa shape index (κ1) is 19.1. The van der Waals surface area contributed by atoms with Crippen molar-refractivity contribution < 1.29 is 8.42 Å². The van der Waals surface area contributed by atoms with Gasteiger partial charge < -0.3 is 0 Å². The third-order valence-electron chi connectivity index (χ3n) is 5.25. The Bertz CT molecular complexity index is 1380. The average molecular weight is 439 g/mol. The maximum Gasteiger partial charge on any atom is 0.262 e. The summed E-state index contributed by atoms with van der Waals surface area (Å²) in [5, 5.41) is 0.609. The first-order valence-corrected chi connectivity index (χ1v) is 11.7. The van der Waals surface area contributed by atoms with E-state index in [4.69, 9.17) is 0 Å². The molecule has 1 aliphatic heterocycles. The average Bonchev–Trinajstić information content (AvgIpc) is 3.15. The molecule has 0 amide bonds. The van der Waals surface area contributed by atoms with Crippen LogP contribution in [0, 0.1) is 0 Å². The van der Waals surface area contributed by atoms with Crippen molar-refractivity contribution in [3.8, 4) is 0 Å². The number of benzene rings is 1. The van der Waals surface area contributed by atoms with E-state index in [1.165, 1.54) is 15.6 Å². The fourth-order valence-corrected chi connectivity index (χ4v) is 6.45. The third-order valence-corrected chi connectivity index (χ3v) is 8.23. The van der Waals surface area contributed by atoms with E-state index in [1.807, 2.05) is 12.1 Å². The second kappa shape index (κ2) is 7.42. The van der Waals surface area contributed by atoms with Gasteiger partial charge in [0.15, 0.2) is 0 Å². The molecular formula is C21H18N4O3S2. The third kappa shape index (κ3) is 3.24. The molecule has 0 radical (unpaired) electrons. The minimum absolute atomic E-state index is 0.0966. The number of aromatic nitrogens is 3. The van der Waals surface area contributed by atoms with Gasteiger partial charge in [0.2, 0.25) is 10.0 Å². The molecule has 0 aliphatic carbocycles. The van der Waals surface area contributed by atoms with E-state index in [0.717, 1.165) is 16.0 Å². The minimum atomic E-state index is -3.57. The topological polar surface area (TPSA) is 85.2 Å². The summed E-state index contributed by atoms with van der Waals surface area (Å²) < 4.78 is 29.0. The Balaban J connectivity index is 1.51. The molecule has 4 aromatic rings. The van der Waals surface area contributed by atoms with E-state index in [9.17, 15) is 13.2 Å². The van der Waals surface area contributed by atoms with Crippen molar-refractivity contribution in [2.75, 3.05) is 6.54 Å². The molecule has 0 fully saturated rings. The van der Waals surface area contributed by atoms with E-state index >= 15 is 0 Å². The maximum absolute atomic E-state index is 13.1. The quantitative estimate of drug-likeness (QED) is 0.489. The lowest BCUT2D eigenvalue weighted by atomic mass is 10.1. The molecule has 0 saturated carbocycles. The maximum atomic E-state index is 13.1. The number of thiophene rings is 1. The Kier molecular flexibility index (Phi) is 4.73. The van der Waals surface area contributed by atoms with Gasteiger partial charge in [0.05, 0.1) is 23.2 Å². The van der Waals surface area contributed by atoms with E-state index in [0.29, 0.717) is 29.7 Å². The van der Waals surface area contributed by atoms with Gasteiger partial charge >= 0.3 is 0 Å². The molecule has 152 valence electrons. The van der Waals surface area contributed by atoms with Gasteiger partial charge in [-0.2, -0.15) is 4.31 Å². The van der Waals surface area contributed by atoms with Gasteiger partial charge in [0.1, 0.15) is 4.83 Å². The van der Waals surface area contributed by atoms with Crippen molar-refractivity contribution in [2.24, 2.45) is 0 Å². The van der Waals surface area contributed by atoms with Gasteiger partial charge in [-0.3, -0.25) is 14.3 Å². The summed E-state index contributed by atoms with van der Waals surface area (Å²) in [6.07, 6.45) is 5.47. The van der Waals surface area contributed by atoms with Crippen molar-refractivity contribution in [3.63, 3.8) is 0 Å². The standard InChI is InChI=1S/C21H18N4O3S2/c26-21-19-17-8-10-25(30(27,28)16-6-2-1-3-7-16)13-18(17)29-20(19)23-14-24(21)12-15-5-4-9-22-11-15/h1-7,9,11,14H,8,10,12-13H2. The summed E-state index contributed by atoms with van der Waals surface area (Å²) in [6, 6.07) is 12.2. The zero-order valence-corrected chi connectivity index (χ0v) is 17.6. The fourth-order valence-electron chi connectivity index (χ4n) is 3.74. The van der Waals surface area contributed by atoms with E-state index in [-0.39, 0.29) is 17.0 Å². The smallest absolute Gasteiger partial charge is 0.262 e. The number of rotatable bonds is 4. The van der Waals surface area contributed by atoms with Gasteiger partial charge in [-0.1, -0.05) is 24.3 Å². The zero-order chi connectivity index (χ0) is 20.7. The van der Waals surface area contributed by atoms with Gasteiger partial charge in [-0.15, -0.1) is 11.3 Å². The Hall–Kier alpha value is -2.88. The van der Waals surface area contributed by atoms with Crippen LogP contribution in [0.15, 0.2) is 70.9 Å². The molecule has 0 N–H and O–H groups in total. The lowest BCUT2D eigenvalue weighted by molar-refractivity contribution is 0.396. The molecule has 1 aromatic carbocycles.